The quantitative estimate of drug-likeness (QED) is 0.257. The van der Waals surface area contributed by atoms with E-state index in [2.05, 4.69) is 24.4 Å². The third-order valence-electron chi connectivity index (χ3n) is 4.71. The van der Waals surface area contributed by atoms with Crippen molar-refractivity contribution in [3.63, 3.8) is 0 Å². The molecule has 154 valence electrons. The first kappa shape index (κ1) is 20.0. The maximum absolute atomic E-state index is 11.1. The smallest absolute Gasteiger partial charge is 0.352 e. The molecule has 4 rings (SSSR count). The number of rotatable bonds is 6. The second kappa shape index (κ2) is 7.51. The van der Waals surface area contributed by atoms with Gasteiger partial charge in [0.15, 0.2) is 6.23 Å². The molecule has 0 spiro atoms. The summed E-state index contributed by atoms with van der Waals surface area (Å²) in [4.78, 5) is 24.4. The van der Waals surface area contributed by atoms with E-state index in [-0.39, 0.29) is 11.9 Å². The predicted octanol–water partition coefficient (Wildman–Crippen LogP) is 0.677. The minimum absolute atomic E-state index is 0.0670. The summed E-state index contributed by atoms with van der Waals surface area (Å²) in [6.45, 7) is 2.36. The monoisotopic (exact) mass is 434 g/mol. The van der Waals surface area contributed by atoms with E-state index in [1.165, 1.54) is 0 Å². The molecule has 2 aliphatic heterocycles. The number of anilines is 1. The third-order valence-corrected chi connectivity index (χ3v) is 5.27. The van der Waals surface area contributed by atoms with Crippen LogP contribution in [-0.4, -0.2) is 74.3 Å². The summed E-state index contributed by atoms with van der Waals surface area (Å²) in [5, 5.41) is 21.5. The number of hydrogen-bond acceptors (Lipinski definition) is 9. The Bertz CT molecular complexity index is 917. The average Bonchev–Trinajstić information content (AvgIpc) is 3.08. The van der Waals surface area contributed by atoms with Crippen LogP contribution in [0.5, 0.6) is 0 Å². The summed E-state index contributed by atoms with van der Waals surface area (Å²) in [7, 11) is -3.84. The number of aliphatic hydroxyl groups is 2. The first-order valence-corrected chi connectivity index (χ1v) is 11.1. The van der Waals surface area contributed by atoms with Crippen LogP contribution in [-0.2, 0) is 18.9 Å². The Balaban J connectivity index is 1.57. The van der Waals surface area contributed by atoms with E-state index in [1.807, 2.05) is 0 Å². The molecule has 4 heterocycles. The van der Waals surface area contributed by atoms with Crippen LogP contribution in [0.3, 0.4) is 0 Å². The fourth-order valence-corrected chi connectivity index (χ4v) is 3.67. The summed E-state index contributed by atoms with van der Waals surface area (Å²) in [6.07, 6.45) is -1.77. The van der Waals surface area contributed by atoms with Crippen LogP contribution < -0.4 is 4.90 Å². The molecule has 0 aliphatic carbocycles. The van der Waals surface area contributed by atoms with E-state index in [9.17, 15) is 14.8 Å². The predicted molar refractivity (Wildman–Crippen MR) is 98.1 cm³/mol. The first-order valence-electron chi connectivity index (χ1n) is 8.67. The Kier molecular flexibility index (Phi) is 5.36. The van der Waals surface area contributed by atoms with E-state index in [0.717, 1.165) is 31.6 Å². The van der Waals surface area contributed by atoms with Gasteiger partial charge in [0.2, 0.25) is 5.28 Å². The Labute approximate surface area is 164 Å². The van der Waals surface area contributed by atoms with Crippen LogP contribution in [0.15, 0.2) is 12.3 Å². The van der Waals surface area contributed by atoms with Gasteiger partial charge in [0.1, 0.15) is 36.4 Å². The lowest BCUT2D eigenvalue weighted by atomic mass is 10.1. The van der Waals surface area contributed by atoms with Crippen LogP contribution in [0.25, 0.3) is 11.0 Å². The Morgan fingerprint density at radius 1 is 1.36 bits per heavy atom. The molecule has 0 saturated carbocycles. The van der Waals surface area contributed by atoms with Crippen molar-refractivity contribution in [2.45, 2.75) is 31.0 Å². The zero-order valence-electron chi connectivity index (χ0n) is 14.9. The maximum atomic E-state index is 11.1. The van der Waals surface area contributed by atoms with Gasteiger partial charge in [0.05, 0.1) is 5.39 Å². The highest BCUT2D eigenvalue weighted by Crippen LogP contribution is 2.38. The molecular weight excluding hydrogens is 415 g/mol. The van der Waals surface area contributed by atoms with Crippen LogP contribution in [0, 0.1) is 0 Å². The Morgan fingerprint density at radius 3 is 2.75 bits per heavy atom. The van der Waals surface area contributed by atoms with E-state index >= 15 is 0 Å². The zero-order valence-corrected chi connectivity index (χ0v) is 16.5. The highest BCUT2D eigenvalue weighted by Gasteiger charge is 2.44. The maximum Gasteiger partial charge on any atom is 0.352 e. The molecule has 13 heteroatoms. The van der Waals surface area contributed by atoms with Gasteiger partial charge in [-0.3, -0.25) is 4.57 Å². The molecule has 11 nitrogen and oxygen atoms in total. The Hall–Kier alpha value is -1.30. The second-order valence-electron chi connectivity index (χ2n) is 6.83. The summed E-state index contributed by atoms with van der Waals surface area (Å²) in [5.41, 5.74) is 0.462. The zero-order chi connectivity index (χ0) is 20.1. The minimum atomic E-state index is -3.84. The topological polar surface area (TPSA) is 139 Å². The lowest BCUT2D eigenvalue weighted by Crippen LogP contribution is -2.37. The van der Waals surface area contributed by atoms with Crippen LogP contribution in [0.4, 0.5) is 5.82 Å². The number of fused-ring (bicyclic) bond motifs is 1. The fourth-order valence-electron chi connectivity index (χ4n) is 3.26. The largest absolute Gasteiger partial charge is 0.387 e. The SMILES string of the molecule is CP(=O)(O)OOC[C@H]1O[C@@H](n2ccc3c(N4CCC4)nc(Cl)nc32)[C@H](O)[C@@H]1O. The highest BCUT2D eigenvalue weighted by molar-refractivity contribution is 7.51. The summed E-state index contributed by atoms with van der Waals surface area (Å²) >= 11 is 6.09. The van der Waals surface area contributed by atoms with Gasteiger partial charge in [0.25, 0.3) is 0 Å². The molecule has 5 atom stereocenters. The van der Waals surface area contributed by atoms with Crippen LogP contribution in [0.2, 0.25) is 5.28 Å². The molecule has 2 aromatic rings. The van der Waals surface area contributed by atoms with Crippen molar-refractivity contribution in [3.05, 3.63) is 17.5 Å². The second-order valence-corrected chi connectivity index (χ2v) is 8.92. The van der Waals surface area contributed by atoms with Crippen molar-refractivity contribution >= 4 is 36.0 Å². The number of aliphatic hydroxyl groups excluding tert-OH is 2. The molecule has 2 aliphatic rings. The molecular formula is C15H20ClN4O7P. The van der Waals surface area contributed by atoms with E-state index in [4.69, 9.17) is 21.2 Å². The fraction of sp³-hybridized carbons (Fsp3) is 0.600. The molecule has 2 saturated heterocycles. The van der Waals surface area contributed by atoms with Gasteiger partial charge in [-0.05, 0) is 24.1 Å². The molecule has 0 bridgehead atoms. The number of aromatic nitrogens is 3. The van der Waals surface area contributed by atoms with Gasteiger partial charge >= 0.3 is 7.60 Å². The third kappa shape index (κ3) is 3.77. The van der Waals surface area contributed by atoms with E-state index in [1.54, 1.807) is 16.8 Å². The van der Waals surface area contributed by atoms with Crippen LogP contribution in [0.1, 0.15) is 12.6 Å². The van der Waals surface area contributed by atoms with Gasteiger partial charge in [-0.2, -0.15) is 9.97 Å². The molecule has 0 radical (unpaired) electrons. The van der Waals surface area contributed by atoms with Gasteiger partial charge in [-0.1, -0.05) is 0 Å². The molecule has 3 N–H and O–H groups in total. The number of nitrogens with zero attached hydrogens (tertiary/aromatic N) is 4. The number of halogens is 1. The lowest BCUT2D eigenvalue weighted by molar-refractivity contribution is -0.238. The van der Waals surface area contributed by atoms with E-state index in [0.29, 0.717) is 11.5 Å². The minimum Gasteiger partial charge on any atom is -0.387 e. The van der Waals surface area contributed by atoms with Crippen molar-refractivity contribution < 1.29 is 34.0 Å². The van der Waals surface area contributed by atoms with Crippen molar-refractivity contribution in [3.8, 4) is 0 Å². The van der Waals surface area contributed by atoms with Crippen LogP contribution >= 0.6 is 19.2 Å². The number of ether oxygens (including phenoxy) is 1. The van der Waals surface area contributed by atoms with Crippen molar-refractivity contribution in [2.75, 3.05) is 31.3 Å². The highest BCUT2D eigenvalue weighted by atomic mass is 35.5. The van der Waals surface area contributed by atoms with Gasteiger partial charge in [-0.25, -0.2) is 4.89 Å². The summed E-state index contributed by atoms with van der Waals surface area (Å²) in [5.74, 6) is 0.711. The molecule has 2 aromatic heterocycles. The molecule has 28 heavy (non-hydrogen) atoms. The van der Waals surface area contributed by atoms with Gasteiger partial charge in [0, 0.05) is 26.0 Å². The average molecular weight is 435 g/mol. The van der Waals surface area contributed by atoms with Crippen molar-refractivity contribution in [2.24, 2.45) is 0 Å². The van der Waals surface area contributed by atoms with Gasteiger partial charge < -0.3 is 29.3 Å². The lowest BCUT2D eigenvalue weighted by Gasteiger charge is -2.32. The van der Waals surface area contributed by atoms with Crippen molar-refractivity contribution in [1.29, 1.82) is 0 Å². The standard InChI is InChI=1S/C15H20ClN4O7P/c1-28(23,24)27-25-7-9-10(21)11(22)14(26-9)20-6-3-8-12(19-4-2-5-19)17-15(16)18-13(8)20/h3,6,9-11,14,21-22H,2,4-5,7H2,1H3,(H,23,24)/t9-,10-,11-,14-/m1/s1. The van der Waals surface area contributed by atoms with E-state index < -0.39 is 32.1 Å². The van der Waals surface area contributed by atoms with Gasteiger partial charge in [-0.15, -0.1) is 4.67 Å². The normalized spacial score (nSPS) is 29.8. The summed E-state index contributed by atoms with van der Waals surface area (Å²) < 4.78 is 22.7. The molecule has 2 fully saturated rings. The first-order chi connectivity index (χ1) is 13.2. The Morgan fingerprint density at radius 2 is 2.11 bits per heavy atom. The molecule has 0 amide bonds. The molecule has 1 unspecified atom stereocenters. The van der Waals surface area contributed by atoms with Crippen molar-refractivity contribution in [1.82, 2.24) is 14.5 Å². The molecule has 0 aromatic carbocycles. The number of hydrogen-bond donors (Lipinski definition) is 3. The summed E-state index contributed by atoms with van der Waals surface area (Å²) in [6, 6.07) is 1.80.